The number of carbonyl (C=O) groups is 4. The molecule has 3 aromatic rings. The maximum atomic E-state index is 15.0. The van der Waals surface area contributed by atoms with E-state index in [0.717, 1.165) is 34.7 Å². The van der Waals surface area contributed by atoms with E-state index in [2.05, 4.69) is 12.2 Å². The Bertz CT molecular complexity index is 1870. The van der Waals surface area contributed by atoms with Gasteiger partial charge in [-0.15, -0.1) is 0 Å². The highest BCUT2D eigenvalue weighted by Crippen LogP contribution is 2.62. The van der Waals surface area contributed by atoms with Crippen molar-refractivity contribution in [2.24, 2.45) is 35.0 Å². The summed E-state index contributed by atoms with van der Waals surface area (Å²) in [5.41, 5.74) is 0.915. The van der Waals surface area contributed by atoms with Gasteiger partial charge in [0.25, 0.3) is 0 Å². The zero-order chi connectivity index (χ0) is 37.6. The zero-order valence-electron chi connectivity index (χ0n) is 31.3. The standard InChI is InChI=1S/C43H53ClN4O5/c1-5-46(3)40(51)35-23-43(21-32-18-31(35)19-33(22-43)26(32)2)42(53)48-25-34(49)20-38(48)39(50)45-37(17-27-14-15-28-10-6-7-11-29(28)16-27)41(52)47(4)24-30-12-8-9-13-36(30)44/h6-16,26,31-35,37-38,49H,5,17-25H2,1-4H3,(H,45,50)/t26?,31?,32?,33?,34-,35?,37?,38?,43?/m1/s1. The van der Waals surface area contributed by atoms with E-state index >= 15 is 4.79 Å². The molecule has 4 amide bonds. The first-order valence-corrected chi connectivity index (χ1v) is 19.8. The van der Waals surface area contributed by atoms with Gasteiger partial charge in [-0.05, 0) is 90.7 Å². The van der Waals surface area contributed by atoms with Crippen molar-refractivity contribution in [3.05, 3.63) is 82.9 Å². The molecule has 5 aliphatic rings. The lowest BCUT2D eigenvalue weighted by molar-refractivity contribution is -0.153. The third kappa shape index (κ3) is 7.31. The number of rotatable bonds is 10. The van der Waals surface area contributed by atoms with Crippen molar-refractivity contribution in [2.75, 3.05) is 27.2 Å². The Morgan fingerprint density at radius 3 is 2.28 bits per heavy atom. The Kier molecular flexibility index (Phi) is 10.6. The fourth-order valence-corrected chi connectivity index (χ4v) is 10.5. The molecule has 5 unspecified atom stereocenters. The normalized spacial score (nSPS) is 29.5. The van der Waals surface area contributed by atoms with Crippen LogP contribution in [0.5, 0.6) is 0 Å². The first-order chi connectivity index (χ1) is 25.4. The van der Waals surface area contributed by atoms with Gasteiger partial charge in [0.2, 0.25) is 23.6 Å². The molecule has 4 aliphatic carbocycles. The Morgan fingerprint density at radius 2 is 1.58 bits per heavy atom. The van der Waals surface area contributed by atoms with Crippen LogP contribution >= 0.6 is 11.6 Å². The van der Waals surface area contributed by atoms with Gasteiger partial charge in [-0.25, -0.2) is 0 Å². The molecule has 0 aromatic heterocycles. The molecule has 6 atom stereocenters. The summed E-state index contributed by atoms with van der Waals surface area (Å²) in [4.78, 5) is 62.4. The van der Waals surface area contributed by atoms with Gasteiger partial charge < -0.3 is 25.1 Å². The number of likely N-dealkylation sites (N-methyl/N-ethyl adjacent to an activating group) is 1. The number of β-amino-alcohol motifs (C(OH)–C–C–N with tert-alkyl or cyclic N) is 1. The van der Waals surface area contributed by atoms with Gasteiger partial charge in [0.15, 0.2) is 0 Å². The highest BCUT2D eigenvalue weighted by molar-refractivity contribution is 6.31. The monoisotopic (exact) mass is 740 g/mol. The average Bonchev–Trinajstić information content (AvgIpc) is 3.41. The number of amides is 4. The van der Waals surface area contributed by atoms with Crippen LogP contribution in [0, 0.1) is 35.0 Å². The predicted molar refractivity (Wildman–Crippen MR) is 206 cm³/mol. The number of benzene rings is 3. The van der Waals surface area contributed by atoms with E-state index in [1.165, 1.54) is 0 Å². The number of hydrogen-bond acceptors (Lipinski definition) is 5. The molecule has 3 aromatic carbocycles. The minimum Gasteiger partial charge on any atom is -0.391 e. The molecule has 1 saturated heterocycles. The van der Waals surface area contributed by atoms with Crippen molar-refractivity contribution < 1.29 is 24.3 Å². The van der Waals surface area contributed by atoms with E-state index in [1.807, 2.05) is 74.6 Å². The van der Waals surface area contributed by atoms with E-state index < -0.39 is 29.5 Å². The van der Waals surface area contributed by atoms with Crippen molar-refractivity contribution in [3.8, 4) is 0 Å². The second-order valence-electron chi connectivity index (χ2n) is 16.6. The third-order valence-corrected chi connectivity index (χ3v) is 13.6. The molecule has 8 rings (SSSR count). The van der Waals surface area contributed by atoms with Crippen LogP contribution in [-0.2, 0) is 32.1 Å². The fraction of sp³-hybridized carbons (Fsp3) is 0.535. The molecule has 282 valence electrons. The topological polar surface area (TPSA) is 110 Å². The van der Waals surface area contributed by atoms with Crippen LogP contribution < -0.4 is 5.32 Å². The van der Waals surface area contributed by atoms with Crippen molar-refractivity contribution in [2.45, 2.75) is 83.5 Å². The second-order valence-corrected chi connectivity index (χ2v) is 17.0. The van der Waals surface area contributed by atoms with Crippen LogP contribution in [0.1, 0.15) is 63.5 Å². The summed E-state index contributed by atoms with van der Waals surface area (Å²) >= 11 is 6.46. The molecule has 10 heteroatoms. The summed E-state index contributed by atoms with van der Waals surface area (Å²) in [5, 5.41) is 16.7. The lowest BCUT2D eigenvalue weighted by atomic mass is 9.56. The number of carbonyl (C=O) groups excluding carboxylic acids is 4. The van der Waals surface area contributed by atoms with E-state index in [-0.39, 0.29) is 55.5 Å². The molecule has 1 aliphatic heterocycles. The zero-order valence-corrected chi connectivity index (χ0v) is 32.1. The van der Waals surface area contributed by atoms with Crippen LogP contribution in [-0.4, -0.2) is 88.8 Å². The quantitative estimate of drug-likeness (QED) is 0.278. The maximum Gasteiger partial charge on any atom is 0.245 e. The molecule has 53 heavy (non-hydrogen) atoms. The Hall–Kier alpha value is -3.95. The van der Waals surface area contributed by atoms with Crippen LogP contribution in [0.3, 0.4) is 0 Å². The van der Waals surface area contributed by atoms with Gasteiger partial charge in [0.05, 0.1) is 11.5 Å². The number of nitrogens with zero attached hydrogens (tertiary/aromatic N) is 3. The average molecular weight is 741 g/mol. The van der Waals surface area contributed by atoms with E-state index in [0.29, 0.717) is 48.6 Å². The molecular formula is C43H53ClN4O5. The number of likely N-dealkylation sites (tertiary alicyclic amines) is 1. The van der Waals surface area contributed by atoms with Gasteiger partial charge in [-0.1, -0.05) is 79.2 Å². The van der Waals surface area contributed by atoms with Gasteiger partial charge in [-0.2, -0.15) is 0 Å². The van der Waals surface area contributed by atoms with Gasteiger partial charge in [0, 0.05) is 57.5 Å². The number of fused-ring (bicyclic) bond motifs is 2. The van der Waals surface area contributed by atoms with Crippen LogP contribution in [0.4, 0.5) is 0 Å². The lowest BCUT2D eigenvalue weighted by Crippen LogP contribution is -2.57. The number of nitrogens with one attached hydrogen (secondary N) is 1. The largest absolute Gasteiger partial charge is 0.391 e. The van der Waals surface area contributed by atoms with Crippen LogP contribution in [0.2, 0.25) is 5.02 Å². The van der Waals surface area contributed by atoms with Crippen molar-refractivity contribution in [3.63, 3.8) is 0 Å². The number of aliphatic hydroxyl groups excluding tert-OH is 1. The minimum absolute atomic E-state index is 0.0517. The summed E-state index contributed by atoms with van der Waals surface area (Å²) in [6, 6.07) is 19.5. The van der Waals surface area contributed by atoms with Crippen LogP contribution in [0.15, 0.2) is 66.7 Å². The predicted octanol–water partition coefficient (Wildman–Crippen LogP) is 5.70. The Balaban J connectivity index is 1.16. The number of hydrogen-bond donors (Lipinski definition) is 2. The molecule has 9 nitrogen and oxygen atoms in total. The fourth-order valence-electron chi connectivity index (χ4n) is 10.3. The molecule has 4 bridgehead atoms. The molecule has 1 heterocycles. The molecule has 5 fully saturated rings. The summed E-state index contributed by atoms with van der Waals surface area (Å²) in [5.74, 6) is 0.455. The van der Waals surface area contributed by atoms with Gasteiger partial charge >= 0.3 is 0 Å². The van der Waals surface area contributed by atoms with E-state index in [1.54, 1.807) is 27.8 Å². The summed E-state index contributed by atoms with van der Waals surface area (Å²) < 4.78 is 0. The smallest absolute Gasteiger partial charge is 0.245 e. The summed E-state index contributed by atoms with van der Waals surface area (Å²) in [6.45, 7) is 5.19. The first-order valence-electron chi connectivity index (χ1n) is 19.4. The van der Waals surface area contributed by atoms with Crippen LogP contribution in [0.25, 0.3) is 10.8 Å². The molecule has 0 radical (unpaired) electrons. The van der Waals surface area contributed by atoms with Crippen molar-refractivity contribution >= 4 is 46.0 Å². The van der Waals surface area contributed by atoms with Crippen molar-refractivity contribution in [1.82, 2.24) is 20.0 Å². The van der Waals surface area contributed by atoms with E-state index in [9.17, 15) is 19.5 Å². The number of halogens is 1. The van der Waals surface area contributed by atoms with E-state index in [4.69, 9.17) is 11.6 Å². The van der Waals surface area contributed by atoms with Gasteiger partial charge in [0.1, 0.15) is 12.1 Å². The maximum absolute atomic E-state index is 15.0. The van der Waals surface area contributed by atoms with Crippen molar-refractivity contribution in [1.29, 1.82) is 0 Å². The lowest BCUT2D eigenvalue weighted by Gasteiger charge is -2.49. The van der Waals surface area contributed by atoms with Gasteiger partial charge in [-0.3, -0.25) is 19.2 Å². The summed E-state index contributed by atoms with van der Waals surface area (Å²) in [6.07, 6.45) is 3.26. The SMILES string of the molecule is CCN(C)C(=O)C1CC2(C(=O)N3C[C@H](O)CC3C(=O)NC(Cc3ccc4ccccc4c3)C(=O)N(C)Cc3ccccc3Cl)CC3CC1CC(C2)C3C. The summed E-state index contributed by atoms with van der Waals surface area (Å²) in [7, 11) is 3.54. The third-order valence-electron chi connectivity index (χ3n) is 13.3. The highest BCUT2D eigenvalue weighted by Gasteiger charge is 2.60. The Morgan fingerprint density at radius 1 is 0.906 bits per heavy atom. The molecule has 0 spiro atoms. The first kappa shape index (κ1) is 37.4. The second kappa shape index (κ2) is 15.1. The highest BCUT2D eigenvalue weighted by atomic mass is 35.5. The number of aliphatic hydroxyl groups is 1. The molecule has 4 saturated carbocycles. The molecular weight excluding hydrogens is 688 g/mol. The molecule has 2 N–H and O–H groups in total. The Labute approximate surface area is 318 Å². The minimum atomic E-state index is -0.934.